The van der Waals surface area contributed by atoms with Gasteiger partial charge in [-0.05, 0) is 18.8 Å². The van der Waals surface area contributed by atoms with Gasteiger partial charge in [-0.15, -0.1) is 0 Å². The van der Waals surface area contributed by atoms with E-state index in [9.17, 15) is 5.11 Å². The largest absolute Gasteiger partial charge is 0.388 e. The molecule has 1 aromatic heterocycles. The van der Waals surface area contributed by atoms with Gasteiger partial charge in [-0.3, -0.25) is 0 Å². The third-order valence-corrected chi connectivity index (χ3v) is 3.61. The minimum Gasteiger partial charge on any atom is -0.388 e. The second-order valence-corrected chi connectivity index (χ2v) is 5.46. The minimum atomic E-state index is -0.589. The Morgan fingerprint density at radius 3 is 2.67 bits per heavy atom. The molecule has 0 unspecified atom stereocenters. The number of hydrogen-bond donors (Lipinski definition) is 3. The van der Waals surface area contributed by atoms with Crippen molar-refractivity contribution in [1.29, 1.82) is 0 Å². The Bertz CT molecular complexity index is 413. The molecule has 100 valence electrons. The van der Waals surface area contributed by atoms with E-state index >= 15 is 0 Å². The molecule has 0 bridgehead atoms. The van der Waals surface area contributed by atoms with Crippen molar-refractivity contribution < 1.29 is 5.11 Å². The number of aliphatic hydroxyl groups is 1. The van der Waals surface area contributed by atoms with Gasteiger partial charge < -0.3 is 16.2 Å². The summed E-state index contributed by atoms with van der Waals surface area (Å²) in [5.74, 6) is 1.52. The van der Waals surface area contributed by atoms with Crippen molar-refractivity contribution >= 4 is 11.6 Å². The lowest BCUT2D eigenvalue weighted by molar-refractivity contribution is 0.0613. The van der Waals surface area contributed by atoms with Gasteiger partial charge in [-0.2, -0.15) is 0 Å². The molecule has 2 rings (SSSR count). The highest BCUT2D eigenvalue weighted by Crippen LogP contribution is 2.31. The first-order valence-electron chi connectivity index (χ1n) is 6.58. The number of nitrogens with zero attached hydrogens (tertiary/aromatic N) is 2. The standard InChI is InChI=1S/C13H22N4O/c1-9(2)10-11(14)16-8-17-12(10)15-7-13(18)5-3-4-6-13/h8-9,18H,3-7H2,1-2H3,(H3,14,15,16,17). The van der Waals surface area contributed by atoms with Crippen LogP contribution in [0.2, 0.25) is 0 Å². The number of nitrogen functional groups attached to an aromatic ring is 1. The quantitative estimate of drug-likeness (QED) is 0.760. The first-order valence-corrected chi connectivity index (χ1v) is 6.58. The molecular formula is C13H22N4O. The normalized spacial score (nSPS) is 18.2. The zero-order valence-electron chi connectivity index (χ0n) is 11.1. The van der Waals surface area contributed by atoms with Crippen LogP contribution in [0.1, 0.15) is 51.0 Å². The molecule has 0 saturated heterocycles. The van der Waals surface area contributed by atoms with Crippen molar-refractivity contribution in [2.75, 3.05) is 17.6 Å². The van der Waals surface area contributed by atoms with Crippen LogP contribution in [0.15, 0.2) is 6.33 Å². The third-order valence-electron chi connectivity index (χ3n) is 3.61. The van der Waals surface area contributed by atoms with Crippen LogP contribution in [0.3, 0.4) is 0 Å². The predicted molar refractivity (Wildman–Crippen MR) is 72.4 cm³/mol. The molecule has 1 saturated carbocycles. The molecule has 0 aromatic carbocycles. The molecule has 4 N–H and O–H groups in total. The molecule has 0 atom stereocenters. The number of hydrogen-bond acceptors (Lipinski definition) is 5. The van der Waals surface area contributed by atoms with Crippen molar-refractivity contribution in [2.24, 2.45) is 0 Å². The smallest absolute Gasteiger partial charge is 0.135 e. The molecule has 0 amide bonds. The summed E-state index contributed by atoms with van der Waals surface area (Å²) in [5.41, 5.74) is 6.23. The highest BCUT2D eigenvalue weighted by molar-refractivity contribution is 5.56. The molecule has 1 fully saturated rings. The molecule has 1 aromatic rings. The monoisotopic (exact) mass is 250 g/mol. The Morgan fingerprint density at radius 2 is 2.06 bits per heavy atom. The van der Waals surface area contributed by atoms with Crippen LogP contribution >= 0.6 is 0 Å². The van der Waals surface area contributed by atoms with Crippen LogP contribution in [0, 0.1) is 0 Å². The first-order chi connectivity index (χ1) is 8.52. The molecule has 0 spiro atoms. The molecule has 1 heterocycles. The Hall–Kier alpha value is -1.36. The van der Waals surface area contributed by atoms with E-state index in [0.717, 1.165) is 37.1 Å². The SMILES string of the molecule is CC(C)c1c(N)ncnc1NCC1(O)CCCC1. The Kier molecular flexibility index (Phi) is 3.71. The molecular weight excluding hydrogens is 228 g/mol. The minimum absolute atomic E-state index is 0.256. The maximum Gasteiger partial charge on any atom is 0.135 e. The fourth-order valence-electron chi connectivity index (χ4n) is 2.58. The predicted octanol–water partition coefficient (Wildman–Crippen LogP) is 1.90. The molecule has 18 heavy (non-hydrogen) atoms. The van der Waals surface area contributed by atoms with Crippen LogP contribution in [-0.2, 0) is 0 Å². The molecule has 0 radical (unpaired) electrons. The zero-order chi connectivity index (χ0) is 13.2. The van der Waals surface area contributed by atoms with Crippen LogP contribution in [0.4, 0.5) is 11.6 Å². The highest BCUT2D eigenvalue weighted by Gasteiger charge is 2.31. The summed E-state index contributed by atoms with van der Waals surface area (Å²) in [5, 5.41) is 13.6. The summed E-state index contributed by atoms with van der Waals surface area (Å²) in [6, 6.07) is 0. The highest BCUT2D eigenvalue weighted by atomic mass is 16.3. The lowest BCUT2D eigenvalue weighted by Gasteiger charge is -2.24. The first kappa shape index (κ1) is 13.1. The van der Waals surface area contributed by atoms with Crippen molar-refractivity contribution in [1.82, 2.24) is 9.97 Å². The summed E-state index contributed by atoms with van der Waals surface area (Å²) in [4.78, 5) is 8.26. The van der Waals surface area contributed by atoms with Gasteiger partial charge in [-0.1, -0.05) is 26.7 Å². The second kappa shape index (κ2) is 5.10. The maximum absolute atomic E-state index is 10.3. The number of anilines is 2. The van der Waals surface area contributed by atoms with Crippen molar-refractivity contribution in [3.63, 3.8) is 0 Å². The number of nitrogens with two attached hydrogens (primary N) is 1. The second-order valence-electron chi connectivity index (χ2n) is 5.46. The number of nitrogens with one attached hydrogen (secondary N) is 1. The van der Waals surface area contributed by atoms with E-state index in [1.54, 1.807) is 0 Å². The lowest BCUT2D eigenvalue weighted by Crippen LogP contribution is -2.34. The van der Waals surface area contributed by atoms with E-state index in [0.29, 0.717) is 12.4 Å². The summed E-state index contributed by atoms with van der Waals surface area (Å²) in [7, 11) is 0. The molecule has 1 aliphatic rings. The van der Waals surface area contributed by atoms with Crippen LogP contribution < -0.4 is 11.1 Å². The van der Waals surface area contributed by atoms with Crippen LogP contribution in [0.25, 0.3) is 0 Å². The van der Waals surface area contributed by atoms with Crippen molar-refractivity contribution in [3.8, 4) is 0 Å². The molecule has 0 aliphatic heterocycles. The summed E-state index contributed by atoms with van der Waals surface area (Å²) in [6.07, 6.45) is 5.37. The van der Waals surface area contributed by atoms with E-state index < -0.39 is 5.60 Å². The summed E-state index contributed by atoms with van der Waals surface area (Å²) in [6.45, 7) is 4.65. The maximum atomic E-state index is 10.3. The van der Waals surface area contributed by atoms with Gasteiger partial charge in [0.05, 0.1) is 5.60 Å². The van der Waals surface area contributed by atoms with Crippen LogP contribution in [-0.4, -0.2) is 27.2 Å². The number of rotatable bonds is 4. The molecule has 5 nitrogen and oxygen atoms in total. The summed E-state index contributed by atoms with van der Waals surface area (Å²) < 4.78 is 0. The topological polar surface area (TPSA) is 84.1 Å². The van der Waals surface area contributed by atoms with Gasteiger partial charge in [-0.25, -0.2) is 9.97 Å². The fourth-order valence-corrected chi connectivity index (χ4v) is 2.58. The van der Waals surface area contributed by atoms with Crippen molar-refractivity contribution in [3.05, 3.63) is 11.9 Å². The Labute approximate surface area is 108 Å². The fraction of sp³-hybridized carbons (Fsp3) is 0.692. The van der Waals surface area contributed by atoms with Gasteiger partial charge in [0, 0.05) is 12.1 Å². The Balaban J connectivity index is 2.11. The average molecular weight is 250 g/mol. The third kappa shape index (κ3) is 2.72. The van der Waals surface area contributed by atoms with Gasteiger partial charge in [0.25, 0.3) is 0 Å². The van der Waals surface area contributed by atoms with Gasteiger partial charge in [0.15, 0.2) is 0 Å². The van der Waals surface area contributed by atoms with E-state index in [-0.39, 0.29) is 5.92 Å². The molecule has 1 aliphatic carbocycles. The number of aromatic nitrogens is 2. The van der Waals surface area contributed by atoms with Gasteiger partial charge >= 0.3 is 0 Å². The van der Waals surface area contributed by atoms with E-state index in [4.69, 9.17) is 5.73 Å². The summed E-state index contributed by atoms with van der Waals surface area (Å²) >= 11 is 0. The lowest BCUT2D eigenvalue weighted by atomic mass is 10.0. The van der Waals surface area contributed by atoms with E-state index in [2.05, 4.69) is 29.1 Å². The zero-order valence-corrected chi connectivity index (χ0v) is 11.1. The van der Waals surface area contributed by atoms with Crippen molar-refractivity contribution in [2.45, 2.75) is 51.0 Å². The van der Waals surface area contributed by atoms with E-state index in [1.807, 2.05) is 0 Å². The average Bonchev–Trinajstić information content (AvgIpc) is 2.73. The van der Waals surface area contributed by atoms with Gasteiger partial charge in [0.1, 0.15) is 18.0 Å². The van der Waals surface area contributed by atoms with E-state index in [1.165, 1.54) is 6.33 Å². The molecule has 5 heteroatoms. The Morgan fingerprint density at radius 1 is 1.39 bits per heavy atom. The van der Waals surface area contributed by atoms with Crippen LogP contribution in [0.5, 0.6) is 0 Å². The van der Waals surface area contributed by atoms with Gasteiger partial charge in [0.2, 0.25) is 0 Å².